The van der Waals surface area contributed by atoms with Crippen molar-refractivity contribution >= 4 is 90.8 Å². The van der Waals surface area contributed by atoms with Crippen LogP contribution in [0.2, 0.25) is 10.0 Å². The van der Waals surface area contributed by atoms with E-state index in [2.05, 4.69) is 15.9 Å². The minimum atomic E-state index is -0.138. The van der Waals surface area contributed by atoms with Gasteiger partial charge in [-0.15, -0.1) is 0 Å². The molecule has 3 aromatic rings. The van der Waals surface area contributed by atoms with Gasteiger partial charge in [0.25, 0.3) is 5.91 Å². The van der Waals surface area contributed by atoms with Crippen LogP contribution >= 0.6 is 63.1 Å². The topological polar surface area (TPSA) is 32.8 Å². The Bertz CT molecular complexity index is 1300. The van der Waals surface area contributed by atoms with Crippen molar-refractivity contribution in [3.05, 3.63) is 91.2 Å². The number of thiocarbonyl (C=S) groups is 1. The number of ether oxygens (including phenoxy) is 1. The number of carbonyl (C=O) groups is 1. The first-order valence-electron chi connectivity index (χ1n) is 10.1. The van der Waals surface area contributed by atoms with Crippen molar-refractivity contribution in [1.82, 2.24) is 0 Å². The second kappa shape index (κ2) is 10.7. The molecule has 3 aromatic carbocycles. The van der Waals surface area contributed by atoms with Crippen molar-refractivity contribution in [2.24, 2.45) is 0 Å². The molecule has 1 fully saturated rings. The number of halogens is 3. The largest absolute Gasteiger partial charge is 0.488 e. The molecule has 1 heterocycles. The fraction of sp³-hybridized carbons (Fsp3) is 0.120. The van der Waals surface area contributed by atoms with Crippen LogP contribution in [-0.4, -0.2) is 24.3 Å². The maximum atomic E-state index is 13.1. The maximum absolute atomic E-state index is 13.1. The van der Waals surface area contributed by atoms with Gasteiger partial charge >= 0.3 is 0 Å². The lowest BCUT2D eigenvalue weighted by Gasteiger charge is -2.17. The van der Waals surface area contributed by atoms with Gasteiger partial charge in [0.1, 0.15) is 12.4 Å². The normalized spacial score (nSPS) is 14.7. The first-order valence-corrected chi connectivity index (χ1v) is 12.9. The molecule has 0 aromatic heterocycles. The van der Waals surface area contributed by atoms with E-state index >= 15 is 0 Å². The summed E-state index contributed by atoms with van der Waals surface area (Å²) in [6, 6.07) is 18.7. The minimum absolute atomic E-state index is 0.138. The fourth-order valence-corrected chi connectivity index (χ4v) is 5.53. The predicted octanol–water partition coefficient (Wildman–Crippen LogP) is 7.81. The van der Waals surface area contributed by atoms with Gasteiger partial charge in [-0.05, 0) is 76.1 Å². The van der Waals surface area contributed by atoms with Gasteiger partial charge in [0.2, 0.25) is 0 Å². The summed E-state index contributed by atoms with van der Waals surface area (Å²) in [5.41, 5.74) is 3.49. The van der Waals surface area contributed by atoms with Gasteiger partial charge < -0.3 is 9.64 Å². The highest BCUT2D eigenvalue weighted by Gasteiger charge is 2.33. The van der Waals surface area contributed by atoms with E-state index in [0.29, 0.717) is 31.6 Å². The quantitative estimate of drug-likeness (QED) is 0.215. The molecular weight excluding hydrogens is 575 g/mol. The average molecular weight is 594 g/mol. The predicted molar refractivity (Wildman–Crippen MR) is 151 cm³/mol. The Morgan fingerprint density at radius 3 is 2.47 bits per heavy atom. The van der Waals surface area contributed by atoms with Crippen molar-refractivity contribution in [2.75, 3.05) is 23.9 Å². The molecule has 0 spiro atoms. The lowest BCUT2D eigenvalue weighted by molar-refractivity contribution is -0.113. The van der Waals surface area contributed by atoms with Crippen LogP contribution in [-0.2, 0) is 11.4 Å². The SMILES string of the molecule is CN(C)c1ccc(N2C(=O)/C(=C\c3ccc(OCc4ccc(Cl)cc4Cl)c(Br)c3)SC2=S)cc1. The number of thioether (sulfide) groups is 1. The van der Waals surface area contributed by atoms with E-state index in [1.54, 1.807) is 17.0 Å². The Morgan fingerprint density at radius 1 is 1.09 bits per heavy atom. The molecule has 0 saturated carbocycles. The number of benzene rings is 3. The molecule has 34 heavy (non-hydrogen) atoms. The van der Waals surface area contributed by atoms with Crippen molar-refractivity contribution in [2.45, 2.75) is 6.61 Å². The molecule has 4 rings (SSSR count). The molecular formula is C25H19BrCl2N2O2S2. The average Bonchev–Trinajstić information content (AvgIpc) is 3.07. The third-order valence-corrected chi connectivity index (χ3v) is 7.58. The molecule has 0 aliphatic carbocycles. The van der Waals surface area contributed by atoms with E-state index < -0.39 is 0 Å². The molecule has 0 unspecified atom stereocenters. The molecule has 0 radical (unpaired) electrons. The molecule has 1 aliphatic heterocycles. The second-order valence-electron chi connectivity index (χ2n) is 7.64. The van der Waals surface area contributed by atoms with Crippen LogP contribution in [0.4, 0.5) is 11.4 Å². The van der Waals surface area contributed by atoms with Crippen LogP contribution in [0.3, 0.4) is 0 Å². The minimum Gasteiger partial charge on any atom is -0.488 e. The number of hydrogen-bond acceptors (Lipinski definition) is 5. The lowest BCUT2D eigenvalue weighted by atomic mass is 10.2. The van der Waals surface area contributed by atoms with Crippen molar-refractivity contribution < 1.29 is 9.53 Å². The molecule has 0 atom stereocenters. The standard InChI is InChI=1S/C25H19BrCl2N2O2S2/c1-29(2)18-6-8-19(9-7-18)30-24(31)23(34-25(30)33)12-15-3-10-22(20(26)11-15)32-14-16-4-5-17(27)13-21(16)28/h3-13H,14H2,1-2H3/b23-12+. The third-order valence-electron chi connectivity index (χ3n) is 5.07. The Labute approximate surface area is 226 Å². The van der Waals surface area contributed by atoms with Gasteiger partial charge in [0, 0.05) is 35.4 Å². The van der Waals surface area contributed by atoms with E-state index in [1.165, 1.54) is 11.8 Å². The Kier molecular flexibility index (Phi) is 7.90. The summed E-state index contributed by atoms with van der Waals surface area (Å²) in [5.74, 6) is 0.526. The number of carbonyl (C=O) groups excluding carboxylic acids is 1. The van der Waals surface area contributed by atoms with Gasteiger partial charge in [0.15, 0.2) is 4.32 Å². The van der Waals surface area contributed by atoms with Crippen molar-refractivity contribution in [3.8, 4) is 5.75 Å². The number of nitrogens with zero attached hydrogens (tertiary/aromatic N) is 2. The lowest BCUT2D eigenvalue weighted by Crippen LogP contribution is -2.27. The summed E-state index contributed by atoms with van der Waals surface area (Å²) in [4.78, 5) is 17.2. The van der Waals surface area contributed by atoms with E-state index in [4.69, 9.17) is 40.2 Å². The van der Waals surface area contributed by atoms with Crippen LogP contribution in [0.25, 0.3) is 6.08 Å². The number of anilines is 2. The van der Waals surface area contributed by atoms with Crippen LogP contribution in [0.15, 0.2) is 70.0 Å². The van der Waals surface area contributed by atoms with E-state index in [0.717, 1.165) is 27.0 Å². The summed E-state index contributed by atoms with van der Waals surface area (Å²) in [7, 11) is 3.94. The first-order chi connectivity index (χ1) is 16.2. The molecule has 1 aliphatic rings. The number of hydrogen-bond donors (Lipinski definition) is 0. The van der Waals surface area contributed by atoms with Gasteiger partial charge in [0.05, 0.1) is 15.1 Å². The van der Waals surface area contributed by atoms with Gasteiger partial charge in [-0.3, -0.25) is 9.69 Å². The van der Waals surface area contributed by atoms with Crippen molar-refractivity contribution in [1.29, 1.82) is 0 Å². The molecule has 1 amide bonds. The molecule has 1 saturated heterocycles. The summed E-state index contributed by atoms with van der Waals surface area (Å²) < 4.78 is 7.18. The summed E-state index contributed by atoms with van der Waals surface area (Å²) >= 11 is 22.5. The Hall–Kier alpha value is -2.03. The van der Waals surface area contributed by atoms with Crippen LogP contribution in [0.5, 0.6) is 5.75 Å². The monoisotopic (exact) mass is 592 g/mol. The van der Waals surface area contributed by atoms with E-state index in [9.17, 15) is 4.79 Å². The number of rotatable bonds is 6. The maximum Gasteiger partial charge on any atom is 0.270 e. The van der Waals surface area contributed by atoms with Crippen molar-refractivity contribution in [3.63, 3.8) is 0 Å². The smallest absolute Gasteiger partial charge is 0.270 e. The van der Waals surface area contributed by atoms with Crippen LogP contribution in [0, 0.1) is 0 Å². The zero-order chi connectivity index (χ0) is 24.4. The second-order valence-corrected chi connectivity index (χ2v) is 11.0. The molecule has 0 bridgehead atoms. The fourth-order valence-electron chi connectivity index (χ4n) is 3.26. The van der Waals surface area contributed by atoms with Gasteiger partial charge in [-0.25, -0.2) is 0 Å². The van der Waals surface area contributed by atoms with E-state index in [1.807, 2.05) is 73.6 Å². The summed E-state index contributed by atoms with van der Waals surface area (Å²) in [6.45, 7) is 0.305. The van der Waals surface area contributed by atoms with E-state index in [-0.39, 0.29) is 5.91 Å². The number of amides is 1. The Morgan fingerprint density at radius 2 is 1.82 bits per heavy atom. The highest BCUT2D eigenvalue weighted by Crippen LogP contribution is 2.37. The van der Waals surface area contributed by atoms with Crippen LogP contribution < -0.4 is 14.5 Å². The zero-order valence-electron chi connectivity index (χ0n) is 18.2. The molecule has 4 nitrogen and oxygen atoms in total. The summed E-state index contributed by atoms with van der Waals surface area (Å²) in [5, 5.41) is 1.13. The summed E-state index contributed by atoms with van der Waals surface area (Å²) in [6.07, 6.45) is 1.83. The van der Waals surface area contributed by atoms with Gasteiger partial charge in [-0.2, -0.15) is 0 Å². The van der Waals surface area contributed by atoms with Crippen LogP contribution in [0.1, 0.15) is 11.1 Å². The van der Waals surface area contributed by atoms with Gasteiger partial charge in [-0.1, -0.05) is 59.3 Å². The third kappa shape index (κ3) is 5.61. The Balaban J connectivity index is 1.48. The molecule has 0 N–H and O–H groups in total. The highest BCUT2D eigenvalue weighted by atomic mass is 79.9. The highest BCUT2D eigenvalue weighted by molar-refractivity contribution is 9.10. The zero-order valence-corrected chi connectivity index (χ0v) is 23.0. The molecule has 9 heteroatoms. The molecule has 174 valence electrons. The first kappa shape index (κ1) is 25.1.